The van der Waals surface area contributed by atoms with E-state index in [2.05, 4.69) is 15.5 Å². The van der Waals surface area contributed by atoms with Gasteiger partial charge in [0.25, 0.3) is 5.91 Å². The molecule has 0 bridgehead atoms. The van der Waals surface area contributed by atoms with Gasteiger partial charge < -0.3 is 15.2 Å². The van der Waals surface area contributed by atoms with Crippen LogP contribution >= 0.6 is 0 Å². The normalized spacial score (nSPS) is 13.1. The van der Waals surface area contributed by atoms with E-state index in [0.29, 0.717) is 22.2 Å². The lowest BCUT2D eigenvalue weighted by Crippen LogP contribution is -2.29. The molecule has 0 spiro atoms. The Labute approximate surface area is 154 Å². The van der Waals surface area contributed by atoms with Crippen LogP contribution in [0.25, 0.3) is 10.8 Å². The Morgan fingerprint density at radius 2 is 2.11 bits per heavy atom. The van der Waals surface area contributed by atoms with E-state index < -0.39 is 18.4 Å². The van der Waals surface area contributed by atoms with Crippen molar-refractivity contribution in [2.24, 2.45) is 5.18 Å². The summed E-state index contributed by atoms with van der Waals surface area (Å²) in [5.41, 5.74) is 0.275. The number of benzene rings is 1. The maximum atomic E-state index is 12.1. The molecule has 2 N–H and O–H groups in total. The molecule has 138 valence electrons. The Kier molecular flexibility index (Phi) is 5.25. The molecule has 1 aliphatic rings. The predicted octanol–water partition coefficient (Wildman–Crippen LogP) is 2.88. The van der Waals surface area contributed by atoms with Gasteiger partial charge in [-0.2, -0.15) is 0 Å². The van der Waals surface area contributed by atoms with E-state index in [9.17, 15) is 19.6 Å². The number of rotatable bonds is 5. The zero-order valence-corrected chi connectivity index (χ0v) is 14.6. The van der Waals surface area contributed by atoms with Crippen molar-refractivity contribution in [2.45, 2.75) is 19.8 Å². The lowest BCUT2D eigenvalue weighted by atomic mass is 10.1. The number of aryl methyl sites for hydroxylation is 1. The van der Waals surface area contributed by atoms with Crippen molar-refractivity contribution >= 4 is 22.6 Å². The Hall–Kier alpha value is -3.55. The van der Waals surface area contributed by atoms with E-state index in [1.54, 1.807) is 25.1 Å². The number of aromatic hydroxyl groups is 1. The minimum atomic E-state index is -1.02. The number of pyridine rings is 1. The second-order valence-electron chi connectivity index (χ2n) is 5.96. The molecule has 0 saturated carbocycles. The number of amides is 2. The number of aromatic nitrogens is 1. The molecule has 1 aliphatic carbocycles. The van der Waals surface area contributed by atoms with Crippen LogP contribution in [-0.4, -0.2) is 28.4 Å². The zero-order chi connectivity index (χ0) is 19.4. The van der Waals surface area contributed by atoms with E-state index in [1.165, 1.54) is 0 Å². The first-order valence-electron chi connectivity index (χ1n) is 8.32. The average molecular weight is 367 g/mol. The molecule has 0 saturated heterocycles. The summed E-state index contributed by atoms with van der Waals surface area (Å²) in [6, 6.07) is 5.06. The van der Waals surface area contributed by atoms with Gasteiger partial charge in [-0.25, -0.2) is 4.98 Å². The number of allylic oxidation sites excluding steroid dienone is 3. The largest absolute Gasteiger partial charge is 0.505 e. The molecule has 0 radical (unpaired) electrons. The van der Waals surface area contributed by atoms with Crippen molar-refractivity contribution in [1.82, 2.24) is 10.3 Å². The number of carbonyl (C=O) groups excluding carboxylic acids is 2. The number of hydrogen-bond donors (Lipinski definition) is 2. The van der Waals surface area contributed by atoms with Gasteiger partial charge in [-0.05, 0) is 50.1 Å². The molecule has 1 heterocycles. The molecule has 1 aromatic heterocycles. The monoisotopic (exact) mass is 367 g/mol. The molecule has 8 nitrogen and oxygen atoms in total. The van der Waals surface area contributed by atoms with E-state index in [1.807, 2.05) is 18.2 Å². The minimum absolute atomic E-state index is 0.231. The molecule has 2 amide bonds. The number of ether oxygens (including phenoxy) is 1. The van der Waals surface area contributed by atoms with Crippen molar-refractivity contribution in [2.75, 3.05) is 6.54 Å². The minimum Gasteiger partial charge on any atom is -0.505 e. The van der Waals surface area contributed by atoms with E-state index >= 15 is 0 Å². The molecule has 0 unspecified atom stereocenters. The van der Waals surface area contributed by atoms with Crippen LogP contribution in [0.4, 0.5) is 0 Å². The summed E-state index contributed by atoms with van der Waals surface area (Å²) in [7, 11) is 0. The molecule has 27 heavy (non-hydrogen) atoms. The summed E-state index contributed by atoms with van der Waals surface area (Å²) < 4.78 is 5.82. The summed E-state index contributed by atoms with van der Waals surface area (Å²) in [5, 5.41) is 15.9. The maximum absolute atomic E-state index is 12.1. The third-order valence-corrected chi connectivity index (χ3v) is 4.05. The van der Waals surface area contributed by atoms with Crippen LogP contribution in [0.5, 0.6) is 11.5 Å². The molecular weight excluding hydrogens is 350 g/mol. The van der Waals surface area contributed by atoms with Gasteiger partial charge in [-0.3, -0.25) is 9.59 Å². The summed E-state index contributed by atoms with van der Waals surface area (Å²) in [5.74, 6) is -0.771. The van der Waals surface area contributed by atoms with Crippen LogP contribution < -0.4 is 10.1 Å². The quantitative estimate of drug-likeness (QED) is 0.785. The second kappa shape index (κ2) is 7.77. The summed E-state index contributed by atoms with van der Waals surface area (Å²) >= 11 is 0. The molecule has 1 aromatic carbocycles. The second-order valence-corrected chi connectivity index (χ2v) is 5.96. The van der Waals surface area contributed by atoms with Crippen LogP contribution in [0.3, 0.4) is 0 Å². The number of hydrogen-bond acceptors (Lipinski definition) is 6. The first-order valence-corrected chi connectivity index (χ1v) is 8.32. The highest BCUT2D eigenvalue weighted by atomic mass is 16.5. The zero-order valence-electron chi connectivity index (χ0n) is 14.6. The number of fused-ring (bicyclic) bond motifs is 1. The van der Waals surface area contributed by atoms with Crippen molar-refractivity contribution < 1.29 is 19.4 Å². The lowest BCUT2D eigenvalue weighted by molar-refractivity contribution is -0.117. The number of nitrogens with one attached hydrogen (secondary N) is 1. The van der Waals surface area contributed by atoms with Gasteiger partial charge in [0.1, 0.15) is 18.1 Å². The fourth-order valence-electron chi connectivity index (χ4n) is 2.73. The van der Waals surface area contributed by atoms with Crippen molar-refractivity contribution in [3.05, 3.63) is 58.5 Å². The summed E-state index contributed by atoms with van der Waals surface area (Å²) in [6.45, 7) is 1.14. The molecule has 0 fully saturated rings. The third kappa shape index (κ3) is 4.00. The molecule has 8 heteroatoms. The van der Waals surface area contributed by atoms with Crippen molar-refractivity contribution in [3.8, 4) is 11.5 Å². The standard InChI is InChI=1S/C19H17N3O5/c1-11-15-9-13(27-12-5-3-2-4-6-12)7-8-14(15)18(24)17(21-11)19(25)20-10-16(23)22-26/h3,5-9,24H,2,4,10H2,1H3,(H,20,25). The van der Waals surface area contributed by atoms with Gasteiger partial charge in [0.15, 0.2) is 11.4 Å². The summed E-state index contributed by atoms with van der Waals surface area (Å²) in [4.78, 5) is 37.3. The van der Waals surface area contributed by atoms with E-state index in [4.69, 9.17) is 4.74 Å². The average Bonchev–Trinajstić information content (AvgIpc) is 2.69. The number of carbonyl (C=O) groups is 2. The van der Waals surface area contributed by atoms with Crippen LogP contribution in [0.2, 0.25) is 0 Å². The molecular formula is C19H17N3O5. The van der Waals surface area contributed by atoms with Gasteiger partial charge >= 0.3 is 5.91 Å². The highest BCUT2D eigenvalue weighted by Gasteiger charge is 2.19. The van der Waals surface area contributed by atoms with Gasteiger partial charge in [0, 0.05) is 21.6 Å². The first-order chi connectivity index (χ1) is 13.0. The molecule has 2 aromatic rings. The fraction of sp³-hybridized carbons (Fsp3) is 0.211. The number of nitrogens with zero attached hydrogens (tertiary/aromatic N) is 2. The topological polar surface area (TPSA) is 118 Å². The lowest BCUT2D eigenvalue weighted by Gasteiger charge is -2.13. The van der Waals surface area contributed by atoms with Crippen LogP contribution in [0.1, 0.15) is 29.0 Å². The Morgan fingerprint density at radius 1 is 1.30 bits per heavy atom. The summed E-state index contributed by atoms with van der Waals surface area (Å²) in [6.07, 6.45) is 7.84. The molecule has 0 aliphatic heterocycles. The molecule has 3 rings (SSSR count). The van der Waals surface area contributed by atoms with Gasteiger partial charge in [-0.15, -0.1) is 4.91 Å². The maximum Gasteiger partial charge on any atom is 0.305 e. The van der Waals surface area contributed by atoms with E-state index in [-0.39, 0.29) is 11.4 Å². The first kappa shape index (κ1) is 18.2. The highest BCUT2D eigenvalue weighted by Crippen LogP contribution is 2.32. The van der Waals surface area contributed by atoms with Gasteiger partial charge in [0.2, 0.25) is 0 Å². The van der Waals surface area contributed by atoms with E-state index in [0.717, 1.165) is 18.6 Å². The van der Waals surface area contributed by atoms with Crippen molar-refractivity contribution in [1.29, 1.82) is 0 Å². The fourth-order valence-corrected chi connectivity index (χ4v) is 2.73. The van der Waals surface area contributed by atoms with Crippen molar-refractivity contribution in [3.63, 3.8) is 0 Å². The Balaban J connectivity index is 1.90. The van der Waals surface area contributed by atoms with Gasteiger partial charge in [-0.1, -0.05) is 6.08 Å². The van der Waals surface area contributed by atoms with Crippen LogP contribution in [-0.2, 0) is 4.79 Å². The van der Waals surface area contributed by atoms with Crippen LogP contribution in [0.15, 0.2) is 47.4 Å². The molecule has 0 atom stereocenters. The SMILES string of the molecule is Cc1nc(C(=O)NCC(=O)N=O)c(O)c2ccc(OC3=CCCC=C3)cc12. The Bertz CT molecular complexity index is 994. The van der Waals surface area contributed by atoms with Gasteiger partial charge in [0.05, 0.1) is 0 Å². The smallest absolute Gasteiger partial charge is 0.305 e. The number of nitroso groups, excluding NO2 is 1. The predicted molar refractivity (Wildman–Crippen MR) is 98.4 cm³/mol. The van der Waals surface area contributed by atoms with Crippen LogP contribution in [0, 0.1) is 11.8 Å². The third-order valence-electron chi connectivity index (χ3n) is 4.05. The highest BCUT2D eigenvalue weighted by molar-refractivity contribution is 6.03. The Morgan fingerprint density at radius 3 is 2.81 bits per heavy atom.